The van der Waals surface area contributed by atoms with Gasteiger partial charge in [0.05, 0.1) is 6.04 Å². The monoisotopic (exact) mass is 436 g/mol. The van der Waals surface area contributed by atoms with E-state index in [0.717, 1.165) is 31.2 Å². The Morgan fingerprint density at radius 3 is 2.52 bits per heavy atom. The van der Waals surface area contributed by atoms with E-state index in [-0.39, 0.29) is 22.9 Å². The Bertz CT molecular complexity index is 1120. The van der Waals surface area contributed by atoms with Gasteiger partial charge in [0.2, 0.25) is 0 Å². The SMILES string of the molecule is NC[C@]1(c2cccc(Cl)c2)CC[C@H](n2nc(NC(=O)c3ccccc3)ccc2=O)CC1. The zero-order valence-corrected chi connectivity index (χ0v) is 17.9. The number of anilines is 1. The summed E-state index contributed by atoms with van der Waals surface area (Å²) < 4.78 is 1.50. The maximum atomic E-state index is 12.5. The predicted octanol–water partition coefficient (Wildman–Crippen LogP) is 4.16. The molecule has 3 N–H and O–H groups in total. The molecule has 0 radical (unpaired) electrons. The van der Waals surface area contributed by atoms with E-state index in [1.807, 2.05) is 24.3 Å². The quantitative estimate of drug-likeness (QED) is 0.628. The summed E-state index contributed by atoms with van der Waals surface area (Å²) in [4.78, 5) is 24.9. The minimum atomic E-state index is -0.259. The van der Waals surface area contributed by atoms with Crippen LogP contribution in [0.2, 0.25) is 5.02 Å². The van der Waals surface area contributed by atoms with Gasteiger partial charge in [-0.15, -0.1) is 0 Å². The first-order valence-corrected chi connectivity index (χ1v) is 10.8. The fraction of sp³-hybridized carbons (Fsp3) is 0.292. The van der Waals surface area contributed by atoms with Gasteiger partial charge in [-0.25, -0.2) is 4.68 Å². The standard InChI is InChI=1S/C24H25ClN4O2/c25-19-8-4-7-18(15-19)24(16-26)13-11-20(12-14-24)29-22(30)10-9-21(28-29)27-23(31)17-5-2-1-3-6-17/h1-10,15,20H,11-14,16,26H2,(H,27,28,31)/t20-,24-. The third-order valence-corrected chi connectivity index (χ3v) is 6.42. The molecule has 160 valence electrons. The van der Waals surface area contributed by atoms with Crippen LogP contribution in [0.15, 0.2) is 71.5 Å². The van der Waals surface area contributed by atoms with Gasteiger partial charge in [0.1, 0.15) is 0 Å². The maximum Gasteiger partial charge on any atom is 0.267 e. The van der Waals surface area contributed by atoms with Gasteiger partial charge in [0.25, 0.3) is 11.5 Å². The van der Waals surface area contributed by atoms with Crippen molar-refractivity contribution in [3.63, 3.8) is 0 Å². The zero-order valence-electron chi connectivity index (χ0n) is 17.1. The lowest BCUT2D eigenvalue weighted by Gasteiger charge is -2.40. The van der Waals surface area contributed by atoms with Gasteiger partial charge in [0.15, 0.2) is 5.82 Å². The molecule has 0 spiro atoms. The van der Waals surface area contributed by atoms with Crippen LogP contribution >= 0.6 is 11.6 Å². The molecule has 0 bridgehead atoms. The van der Waals surface area contributed by atoms with Crippen LogP contribution < -0.4 is 16.6 Å². The first-order chi connectivity index (χ1) is 15.0. The van der Waals surface area contributed by atoms with Gasteiger partial charge in [-0.1, -0.05) is 41.9 Å². The molecular weight excluding hydrogens is 412 g/mol. The second-order valence-corrected chi connectivity index (χ2v) is 8.48. The Kier molecular flexibility index (Phi) is 6.20. The lowest BCUT2D eigenvalue weighted by Crippen LogP contribution is -2.41. The van der Waals surface area contributed by atoms with Crippen LogP contribution in [-0.2, 0) is 5.41 Å². The first-order valence-electron chi connectivity index (χ1n) is 10.4. The van der Waals surface area contributed by atoms with Crippen LogP contribution in [0.3, 0.4) is 0 Å². The van der Waals surface area contributed by atoms with E-state index in [4.69, 9.17) is 17.3 Å². The largest absolute Gasteiger partial charge is 0.330 e. The van der Waals surface area contributed by atoms with Gasteiger partial charge in [0, 0.05) is 28.6 Å². The molecule has 3 aromatic rings. The van der Waals surface area contributed by atoms with Gasteiger partial charge < -0.3 is 11.1 Å². The van der Waals surface area contributed by atoms with Crippen molar-refractivity contribution < 1.29 is 4.79 Å². The molecule has 7 heteroatoms. The molecule has 1 fully saturated rings. The summed E-state index contributed by atoms with van der Waals surface area (Å²) in [7, 11) is 0. The van der Waals surface area contributed by atoms with Crippen molar-refractivity contribution in [1.82, 2.24) is 9.78 Å². The van der Waals surface area contributed by atoms with Crippen molar-refractivity contribution in [3.05, 3.63) is 93.2 Å². The van der Waals surface area contributed by atoms with Crippen LogP contribution in [-0.4, -0.2) is 22.2 Å². The van der Waals surface area contributed by atoms with Crippen molar-refractivity contribution in [2.45, 2.75) is 37.1 Å². The summed E-state index contributed by atoms with van der Waals surface area (Å²) in [5, 5.41) is 7.92. The van der Waals surface area contributed by atoms with Crippen molar-refractivity contribution in [2.24, 2.45) is 5.73 Å². The van der Waals surface area contributed by atoms with Crippen molar-refractivity contribution in [3.8, 4) is 0 Å². The van der Waals surface area contributed by atoms with Crippen LogP contribution in [0.25, 0.3) is 0 Å². The smallest absolute Gasteiger partial charge is 0.267 e. The molecule has 6 nitrogen and oxygen atoms in total. The molecular formula is C24H25ClN4O2. The predicted molar refractivity (Wildman–Crippen MR) is 123 cm³/mol. The van der Waals surface area contributed by atoms with E-state index in [1.165, 1.54) is 10.7 Å². The minimum absolute atomic E-state index is 0.0417. The summed E-state index contributed by atoms with van der Waals surface area (Å²) in [6.45, 7) is 0.523. The Hall–Kier alpha value is -2.96. The van der Waals surface area contributed by atoms with E-state index in [1.54, 1.807) is 30.3 Å². The fourth-order valence-corrected chi connectivity index (χ4v) is 4.55. The summed E-state index contributed by atoms with van der Waals surface area (Å²) in [6.07, 6.45) is 3.21. The number of nitrogens with zero attached hydrogens (tertiary/aromatic N) is 2. The Balaban J connectivity index is 1.51. The summed E-state index contributed by atoms with van der Waals surface area (Å²) in [5.74, 6) is 0.101. The molecule has 1 heterocycles. The highest BCUT2D eigenvalue weighted by molar-refractivity contribution is 6.30. The van der Waals surface area contributed by atoms with Crippen LogP contribution in [0, 0.1) is 0 Å². The van der Waals surface area contributed by atoms with Crippen LogP contribution in [0.1, 0.15) is 47.6 Å². The van der Waals surface area contributed by atoms with E-state index >= 15 is 0 Å². The average molecular weight is 437 g/mol. The van der Waals surface area contributed by atoms with Crippen molar-refractivity contribution in [1.29, 1.82) is 0 Å². The highest BCUT2D eigenvalue weighted by Gasteiger charge is 2.37. The number of benzene rings is 2. The number of hydrogen-bond acceptors (Lipinski definition) is 4. The van der Waals surface area contributed by atoms with Crippen molar-refractivity contribution in [2.75, 3.05) is 11.9 Å². The Labute approximate surface area is 186 Å². The molecule has 1 aliphatic carbocycles. The number of aromatic nitrogens is 2. The Morgan fingerprint density at radius 1 is 1.10 bits per heavy atom. The van der Waals surface area contributed by atoms with E-state index in [0.29, 0.717) is 22.9 Å². The fourth-order valence-electron chi connectivity index (χ4n) is 4.36. The molecule has 1 saturated carbocycles. The van der Waals surface area contributed by atoms with Gasteiger partial charge >= 0.3 is 0 Å². The molecule has 0 unspecified atom stereocenters. The highest BCUT2D eigenvalue weighted by atomic mass is 35.5. The van der Waals surface area contributed by atoms with E-state index in [2.05, 4.69) is 16.5 Å². The molecule has 2 aromatic carbocycles. The van der Waals surface area contributed by atoms with Crippen LogP contribution in [0.4, 0.5) is 5.82 Å². The second kappa shape index (κ2) is 9.04. The third kappa shape index (κ3) is 4.55. The number of carbonyl (C=O) groups excluding carboxylic acids is 1. The molecule has 0 atom stereocenters. The topological polar surface area (TPSA) is 90.0 Å². The molecule has 1 aromatic heterocycles. The van der Waals surface area contributed by atoms with Gasteiger partial charge in [-0.2, -0.15) is 5.10 Å². The third-order valence-electron chi connectivity index (χ3n) is 6.19. The van der Waals surface area contributed by atoms with E-state index < -0.39 is 0 Å². The lowest BCUT2D eigenvalue weighted by atomic mass is 9.68. The number of nitrogens with one attached hydrogen (secondary N) is 1. The number of hydrogen-bond donors (Lipinski definition) is 2. The van der Waals surface area contributed by atoms with Gasteiger partial charge in [-0.3, -0.25) is 9.59 Å². The maximum absolute atomic E-state index is 12.5. The molecule has 31 heavy (non-hydrogen) atoms. The number of nitrogens with two attached hydrogens (primary N) is 1. The molecule has 4 rings (SSSR count). The normalized spacial score (nSPS) is 20.9. The molecule has 1 aliphatic rings. The number of rotatable bonds is 5. The summed E-state index contributed by atoms with van der Waals surface area (Å²) >= 11 is 6.20. The van der Waals surface area contributed by atoms with Gasteiger partial charge in [-0.05, 0) is 61.6 Å². The number of halogens is 1. The minimum Gasteiger partial charge on any atom is -0.330 e. The summed E-state index contributed by atoms with van der Waals surface area (Å²) in [6, 6.07) is 19.7. The number of carbonyl (C=O) groups is 1. The first kappa shape index (κ1) is 21.3. The van der Waals surface area contributed by atoms with Crippen molar-refractivity contribution >= 4 is 23.3 Å². The molecule has 0 saturated heterocycles. The average Bonchev–Trinajstić information content (AvgIpc) is 2.81. The Morgan fingerprint density at radius 2 is 1.84 bits per heavy atom. The molecule has 1 amide bonds. The van der Waals surface area contributed by atoms with E-state index in [9.17, 15) is 9.59 Å². The zero-order chi connectivity index (χ0) is 21.8. The lowest BCUT2D eigenvalue weighted by molar-refractivity contribution is 0.102. The molecule has 0 aliphatic heterocycles. The second-order valence-electron chi connectivity index (χ2n) is 8.05. The van der Waals surface area contributed by atoms with Crippen LogP contribution in [0.5, 0.6) is 0 Å². The summed E-state index contributed by atoms with van der Waals surface area (Å²) in [5.41, 5.74) is 7.55. The number of amides is 1. The highest BCUT2D eigenvalue weighted by Crippen LogP contribution is 2.42.